The second-order valence-electron chi connectivity index (χ2n) is 7.92. The van der Waals surface area contributed by atoms with Crippen molar-refractivity contribution in [1.82, 2.24) is 9.80 Å². The van der Waals surface area contributed by atoms with E-state index in [0.29, 0.717) is 19.2 Å². The quantitative estimate of drug-likeness (QED) is 0.859. The fourth-order valence-electron chi connectivity index (χ4n) is 4.28. The number of benzene rings is 1. The monoisotopic (exact) mass is 346 g/mol. The van der Waals surface area contributed by atoms with Gasteiger partial charge in [-0.05, 0) is 82.8 Å². The summed E-state index contributed by atoms with van der Waals surface area (Å²) in [5.41, 5.74) is 3.56. The zero-order chi connectivity index (χ0) is 17.8. The van der Waals surface area contributed by atoms with Gasteiger partial charge in [0, 0.05) is 19.1 Å². The van der Waals surface area contributed by atoms with E-state index in [1.807, 2.05) is 0 Å². The van der Waals surface area contributed by atoms with Crippen LogP contribution in [0.15, 0.2) is 12.1 Å². The minimum atomic E-state index is -0.434. The van der Waals surface area contributed by atoms with Crippen molar-refractivity contribution in [3.8, 4) is 5.75 Å². The molecule has 1 N–H and O–H groups in total. The number of rotatable bonds is 6. The second-order valence-corrected chi connectivity index (χ2v) is 7.92. The first kappa shape index (κ1) is 18.7. The van der Waals surface area contributed by atoms with Gasteiger partial charge in [0.05, 0.1) is 0 Å². The lowest BCUT2D eigenvalue weighted by atomic mass is 10.0. The van der Waals surface area contributed by atoms with Crippen molar-refractivity contribution in [2.45, 2.75) is 58.6 Å². The number of hydrogen-bond acceptors (Lipinski definition) is 4. The van der Waals surface area contributed by atoms with Crippen LogP contribution in [-0.4, -0.2) is 66.4 Å². The third kappa shape index (κ3) is 4.75. The normalized spacial score (nSPS) is 23.8. The molecule has 0 amide bonds. The summed E-state index contributed by atoms with van der Waals surface area (Å²) < 4.78 is 5.99. The Morgan fingerprint density at radius 1 is 1.08 bits per heavy atom. The number of aryl methyl sites for hydroxylation is 2. The van der Waals surface area contributed by atoms with E-state index >= 15 is 0 Å². The molecule has 0 radical (unpaired) electrons. The molecule has 0 aliphatic carbocycles. The van der Waals surface area contributed by atoms with Gasteiger partial charge in [-0.15, -0.1) is 0 Å². The zero-order valence-electron chi connectivity index (χ0n) is 16.1. The smallest absolute Gasteiger partial charge is 0.125 e. The molecule has 3 rings (SSSR count). The molecule has 0 bridgehead atoms. The van der Waals surface area contributed by atoms with Crippen LogP contribution in [0, 0.1) is 20.8 Å². The SMILES string of the molecule is Cc1ccc(C)c(OC[C@H](O)CN2CCC[C@@H](N3CCCC3)C2)c1C. The average molecular weight is 347 g/mol. The van der Waals surface area contributed by atoms with Crippen LogP contribution in [0.1, 0.15) is 42.4 Å². The van der Waals surface area contributed by atoms with Gasteiger partial charge in [0.2, 0.25) is 0 Å². The van der Waals surface area contributed by atoms with Crippen molar-refractivity contribution in [3.63, 3.8) is 0 Å². The number of ether oxygens (including phenoxy) is 1. The molecule has 2 aliphatic heterocycles. The largest absolute Gasteiger partial charge is 0.490 e. The fourth-order valence-corrected chi connectivity index (χ4v) is 4.28. The first-order valence-corrected chi connectivity index (χ1v) is 9.88. The van der Waals surface area contributed by atoms with Crippen LogP contribution >= 0.6 is 0 Å². The van der Waals surface area contributed by atoms with E-state index < -0.39 is 6.10 Å². The number of aliphatic hydroxyl groups is 1. The molecule has 140 valence electrons. The van der Waals surface area contributed by atoms with Crippen LogP contribution in [0.3, 0.4) is 0 Å². The molecule has 2 atom stereocenters. The van der Waals surface area contributed by atoms with Crippen LogP contribution < -0.4 is 4.74 Å². The summed E-state index contributed by atoms with van der Waals surface area (Å²) >= 11 is 0. The van der Waals surface area contributed by atoms with Crippen molar-refractivity contribution in [2.24, 2.45) is 0 Å². The lowest BCUT2D eigenvalue weighted by Crippen LogP contribution is -2.49. The van der Waals surface area contributed by atoms with Crippen LogP contribution in [0.4, 0.5) is 0 Å². The summed E-state index contributed by atoms with van der Waals surface area (Å²) in [6.07, 6.45) is 4.82. The van der Waals surface area contributed by atoms with Gasteiger partial charge in [-0.3, -0.25) is 9.80 Å². The molecule has 4 heteroatoms. The van der Waals surface area contributed by atoms with Crippen LogP contribution in [0.2, 0.25) is 0 Å². The van der Waals surface area contributed by atoms with Gasteiger partial charge in [0.15, 0.2) is 0 Å². The Morgan fingerprint density at radius 2 is 1.80 bits per heavy atom. The summed E-state index contributed by atoms with van der Waals surface area (Å²) in [7, 11) is 0. The third-order valence-electron chi connectivity index (χ3n) is 5.90. The molecule has 2 saturated heterocycles. The first-order valence-electron chi connectivity index (χ1n) is 9.88. The number of piperidine rings is 1. The van der Waals surface area contributed by atoms with E-state index in [-0.39, 0.29) is 0 Å². The molecule has 0 spiro atoms. The molecule has 0 unspecified atom stereocenters. The Morgan fingerprint density at radius 3 is 2.56 bits per heavy atom. The molecule has 1 aromatic carbocycles. The van der Waals surface area contributed by atoms with Crippen LogP contribution in [0.5, 0.6) is 5.75 Å². The zero-order valence-corrected chi connectivity index (χ0v) is 16.1. The molecule has 0 aromatic heterocycles. The van der Waals surface area contributed by atoms with Gasteiger partial charge in [-0.2, -0.15) is 0 Å². The Labute approximate surface area is 152 Å². The van der Waals surface area contributed by atoms with E-state index in [2.05, 4.69) is 42.7 Å². The van der Waals surface area contributed by atoms with Gasteiger partial charge >= 0.3 is 0 Å². The van der Waals surface area contributed by atoms with E-state index in [4.69, 9.17) is 4.74 Å². The fraction of sp³-hybridized carbons (Fsp3) is 0.714. The molecule has 2 aliphatic rings. The summed E-state index contributed by atoms with van der Waals surface area (Å²) in [5, 5.41) is 10.5. The summed E-state index contributed by atoms with van der Waals surface area (Å²) in [4.78, 5) is 5.07. The number of nitrogens with zero attached hydrogens (tertiary/aromatic N) is 2. The topological polar surface area (TPSA) is 35.9 Å². The minimum absolute atomic E-state index is 0.371. The highest BCUT2D eigenvalue weighted by molar-refractivity contribution is 5.44. The number of β-amino-alcohol motifs (C(OH)–C–C–N with tert-alkyl or cyclic N) is 1. The van der Waals surface area contributed by atoms with Crippen LogP contribution in [0.25, 0.3) is 0 Å². The van der Waals surface area contributed by atoms with E-state index in [1.54, 1.807) is 0 Å². The Bertz CT molecular complexity index is 569. The Balaban J connectivity index is 1.49. The van der Waals surface area contributed by atoms with Gasteiger partial charge in [0.1, 0.15) is 18.5 Å². The van der Waals surface area contributed by atoms with Gasteiger partial charge in [-0.25, -0.2) is 0 Å². The average Bonchev–Trinajstić information content (AvgIpc) is 3.13. The van der Waals surface area contributed by atoms with E-state index in [0.717, 1.165) is 24.4 Å². The molecule has 0 saturated carbocycles. The summed E-state index contributed by atoms with van der Waals surface area (Å²) in [6, 6.07) is 4.90. The predicted molar refractivity (Wildman–Crippen MR) is 102 cm³/mol. The molecule has 2 fully saturated rings. The highest BCUT2D eigenvalue weighted by atomic mass is 16.5. The predicted octanol–water partition coefficient (Wildman–Crippen LogP) is 2.91. The maximum atomic E-state index is 10.5. The molecular formula is C21H34N2O2. The Kier molecular flexibility index (Phi) is 6.37. The van der Waals surface area contributed by atoms with Gasteiger partial charge in [0.25, 0.3) is 0 Å². The van der Waals surface area contributed by atoms with Gasteiger partial charge < -0.3 is 9.84 Å². The second kappa shape index (κ2) is 8.52. The number of likely N-dealkylation sites (tertiary alicyclic amines) is 2. The van der Waals surface area contributed by atoms with Crippen molar-refractivity contribution < 1.29 is 9.84 Å². The third-order valence-corrected chi connectivity index (χ3v) is 5.90. The molecular weight excluding hydrogens is 312 g/mol. The maximum absolute atomic E-state index is 10.5. The Hall–Kier alpha value is -1.10. The lowest BCUT2D eigenvalue weighted by Gasteiger charge is -2.38. The summed E-state index contributed by atoms with van der Waals surface area (Å²) in [6.45, 7) is 12.1. The number of hydrogen-bond donors (Lipinski definition) is 1. The maximum Gasteiger partial charge on any atom is 0.125 e. The van der Waals surface area contributed by atoms with Gasteiger partial charge in [-0.1, -0.05) is 12.1 Å². The van der Waals surface area contributed by atoms with E-state index in [9.17, 15) is 5.11 Å². The lowest BCUT2D eigenvalue weighted by molar-refractivity contribution is 0.0413. The summed E-state index contributed by atoms with van der Waals surface area (Å²) in [5.74, 6) is 0.938. The molecule has 2 heterocycles. The highest BCUT2D eigenvalue weighted by Gasteiger charge is 2.28. The van der Waals surface area contributed by atoms with Crippen molar-refractivity contribution >= 4 is 0 Å². The first-order chi connectivity index (χ1) is 12.0. The van der Waals surface area contributed by atoms with E-state index in [1.165, 1.54) is 49.9 Å². The number of aliphatic hydroxyl groups excluding tert-OH is 1. The molecule has 4 nitrogen and oxygen atoms in total. The highest BCUT2D eigenvalue weighted by Crippen LogP contribution is 2.26. The van der Waals surface area contributed by atoms with Crippen molar-refractivity contribution in [2.75, 3.05) is 39.3 Å². The molecule has 25 heavy (non-hydrogen) atoms. The van der Waals surface area contributed by atoms with Crippen molar-refractivity contribution in [1.29, 1.82) is 0 Å². The minimum Gasteiger partial charge on any atom is -0.490 e. The molecule has 1 aromatic rings. The van der Waals surface area contributed by atoms with Crippen molar-refractivity contribution in [3.05, 3.63) is 28.8 Å². The van der Waals surface area contributed by atoms with Crippen LogP contribution in [-0.2, 0) is 0 Å². The standard InChI is InChI=1S/C21H34N2O2/c1-16-8-9-17(2)21(18(16)3)25-15-20(24)14-22-10-6-7-19(13-22)23-11-4-5-12-23/h8-9,19-20,24H,4-7,10-15H2,1-3H3/t19-,20-/m1/s1.